The zero-order chi connectivity index (χ0) is 20.3. The Bertz CT molecular complexity index is 822. The molecule has 9 heteroatoms. The molecule has 1 fully saturated rings. The fourth-order valence-corrected chi connectivity index (χ4v) is 3.01. The van der Waals surface area contributed by atoms with Crippen LogP contribution < -0.4 is 11.2 Å². The summed E-state index contributed by atoms with van der Waals surface area (Å²) < 4.78 is 6.31. The molecule has 0 aliphatic carbocycles. The van der Waals surface area contributed by atoms with Crippen LogP contribution >= 0.6 is 0 Å². The van der Waals surface area contributed by atoms with Gasteiger partial charge in [-0.1, -0.05) is 11.6 Å². The second-order valence-electron chi connectivity index (χ2n) is 7.08. The Balaban J connectivity index is 2.36. The highest BCUT2D eigenvalue weighted by Gasteiger charge is 2.43. The van der Waals surface area contributed by atoms with Crippen molar-refractivity contribution < 1.29 is 24.9 Å². The summed E-state index contributed by atoms with van der Waals surface area (Å²) in [6.45, 7) is 4.73. The van der Waals surface area contributed by atoms with Crippen molar-refractivity contribution in [1.82, 2.24) is 9.55 Å². The van der Waals surface area contributed by atoms with E-state index in [0.29, 0.717) is 6.42 Å². The predicted octanol–water partition coefficient (Wildman–Crippen LogP) is -0.748. The Morgan fingerprint density at radius 1 is 1.30 bits per heavy atom. The van der Waals surface area contributed by atoms with E-state index in [1.807, 2.05) is 19.9 Å². The van der Waals surface area contributed by atoms with E-state index in [0.717, 1.165) is 10.1 Å². The third kappa shape index (κ3) is 4.81. The van der Waals surface area contributed by atoms with E-state index < -0.39 is 48.3 Å². The predicted molar refractivity (Wildman–Crippen MR) is 96.3 cm³/mol. The average molecular weight is 382 g/mol. The molecule has 27 heavy (non-hydrogen) atoms. The van der Waals surface area contributed by atoms with Crippen LogP contribution in [0.15, 0.2) is 27.4 Å². The summed E-state index contributed by atoms with van der Waals surface area (Å²) in [4.78, 5) is 38.4. The average Bonchev–Trinajstić information content (AvgIpc) is 2.87. The molecule has 0 saturated carbocycles. The summed E-state index contributed by atoms with van der Waals surface area (Å²) in [5.41, 5.74) is -0.199. The van der Waals surface area contributed by atoms with E-state index >= 15 is 0 Å². The highest BCUT2D eigenvalue weighted by atomic mass is 16.6. The second kappa shape index (κ2) is 8.75. The van der Waals surface area contributed by atoms with Gasteiger partial charge in [0.15, 0.2) is 6.23 Å². The van der Waals surface area contributed by atoms with Crippen molar-refractivity contribution >= 4 is 5.78 Å². The Kier molecular flexibility index (Phi) is 6.88. The van der Waals surface area contributed by atoms with Crippen LogP contribution in [0.1, 0.15) is 39.0 Å². The standard InChI is InChI=1S/C18H26N2O7/c1-9(2)4-5-11(10(3)22)6-12-7-20(18(26)19-16(12)25)17-15(24)14(23)13(8-21)27-17/h4,7,11,13-15,17,21,23-24H,5-6,8H2,1-3H3,(H,19,25,26)/t11?,13-,14?,15+,17-/m1/s1. The number of nitrogens with zero attached hydrogens (tertiary/aromatic N) is 1. The molecule has 1 saturated heterocycles. The third-order valence-electron chi connectivity index (χ3n) is 4.68. The van der Waals surface area contributed by atoms with Gasteiger partial charge in [-0.2, -0.15) is 0 Å². The smallest absolute Gasteiger partial charge is 0.330 e. The van der Waals surface area contributed by atoms with Gasteiger partial charge in [-0.25, -0.2) is 4.79 Å². The normalized spacial score (nSPS) is 26.0. The van der Waals surface area contributed by atoms with Crippen molar-refractivity contribution in [3.05, 3.63) is 44.2 Å². The maximum absolute atomic E-state index is 12.2. The number of aromatic nitrogens is 2. The van der Waals surface area contributed by atoms with Crippen molar-refractivity contribution in [3.8, 4) is 0 Å². The number of ketones is 1. The summed E-state index contributed by atoms with van der Waals surface area (Å²) in [5.74, 6) is -0.519. The molecule has 2 unspecified atom stereocenters. The lowest BCUT2D eigenvalue weighted by atomic mass is 9.93. The zero-order valence-corrected chi connectivity index (χ0v) is 15.6. The number of aliphatic hydroxyl groups excluding tert-OH is 3. The SMILES string of the molecule is CC(=O)C(CC=C(C)C)Cc1cn([C@@H]2O[C@H](CO)C(O)[C@@H]2O)c(=O)[nH]c1=O. The molecule has 150 valence electrons. The van der Waals surface area contributed by atoms with Crippen molar-refractivity contribution in [1.29, 1.82) is 0 Å². The molecule has 0 bridgehead atoms. The van der Waals surface area contributed by atoms with Gasteiger partial charge in [0.25, 0.3) is 5.56 Å². The fraction of sp³-hybridized carbons (Fsp3) is 0.611. The minimum Gasteiger partial charge on any atom is -0.394 e. The van der Waals surface area contributed by atoms with Crippen molar-refractivity contribution in [2.24, 2.45) is 5.92 Å². The van der Waals surface area contributed by atoms with Gasteiger partial charge >= 0.3 is 5.69 Å². The van der Waals surface area contributed by atoms with Crippen LogP contribution in [0.2, 0.25) is 0 Å². The molecule has 1 aliphatic heterocycles. The monoisotopic (exact) mass is 382 g/mol. The Hall–Kier alpha value is -2.07. The van der Waals surface area contributed by atoms with Crippen LogP contribution in [-0.2, 0) is 16.0 Å². The van der Waals surface area contributed by atoms with Gasteiger partial charge in [-0.15, -0.1) is 0 Å². The molecule has 0 radical (unpaired) electrons. The Labute approximate surface area is 155 Å². The number of aromatic amines is 1. The van der Waals surface area contributed by atoms with Gasteiger partial charge in [0.2, 0.25) is 0 Å². The van der Waals surface area contributed by atoms with Gasteiger partial charge in [0.05, 0.1) is 6.61 Å². The summed E-state index contributed by atoms with van der Waals surface area (Å²) in [6, 6.07) is 0. The third-order valence-corrected chi connectivity index (χ3v) is 4.68. The highest BCUT2D eigenvalue weighted by molar-refractivity contribution is 5.78. The lowest BCUT2D eigenvalue weighted by Crippen LogP contribution is -2.39. The van der Waals surface area contributed by atoms with Gasteiger partial charge in [0, 0.05) is 17.7 Å². The largest absolute Gasteiger partial charge is 0.394 e. The molecule has 2 heterocycles. The second-order valence-corrected chi connectivity index (χ2v) is 7.08. The maximum atomic E-state index is 12.2. The molecule has 1 aromatic heterocycles. The number of hydrogen-bond acceptors (Lipinski definition) is 7. The molecule has 0 spiro atoms. The molecule has 1 aromatic rings. The first-order valence-electron chi connectivity index (χ1n) is 8.76. The number of allylic oxidation sites excluding steroid dienone is 2. The minimum absolute atomic E-state index is 0.0856. The first kappa shape index (κ1) is 21.2. The van der Waals surface area contributed by atoms with Crippen molar-refractivity contribution in [2.75, 3.05) is 6.61 Å². The number of carbonyl (C=O) groups is 1. The number of ether oxygens (including phenoxy) is 1. The van der Waals surface area contributed by atoms with Gasteiger partial charge in [-0.3, -0.25) is 19.1 Å². The van der Waals surface area contributed by atoms with Crippen LogP contribution in [-0.4, -0.2) is 55.6 Å². The van der Waals surface area contributed by atoms with Crippen LogP contribution in [0.4, 0.5) is 0 Å². The van der Waals surface area contributed by atoms with E-state index in [9.17, 15) is 29.7 Å². The Morgan fingerprint density at radius 3 is 2.48 bits per heavy atom. The number of rotatable bonds is 7. The first-order chi connectivity index (χ1) is 12.6. The quantitative estimate of drug-likeness (QED) is 0.455. The number of H-pyrrole nitrogens is 1. The number of nitrogens with one attached hydrogen (secondary N) is 1. The van der Waals surface area contributed by atoms with Crippen LogP contribution in [0.5, 0.6) is 0 Å². The highest BCUT2D eigenvalue weighted by Crippen LogP contribution is 2.28. The van der Waals surface area contributed by atoms with Gasteiger partial charge in [0.1, 0.15) is 24.1 Å². The molecule has 2 rings (SSSR count). The van der Waals surface area contributed by atoms with E-state index in [1.165, 1.54) is 13.1 Å². The minimum atomic E-state index is -1.45. The number of hydrogen-bond donors (Lipinski definition) is 4. The molecule has 4 N–H and O–H groups in total. The van der Waals surface area contributed by atoms with Gasteiger partial charge in [-0.05, 0) is 33.6 Å². The maximum Gasteiger partial charge on any atom is 0.330 e. The fourth-order valence-electron chi connectivity index (χ4n) is 3.01. The zero-order valence-electron chi connectivity index (χ0n) is 15.6. The van der Waals surface area contributed by atoms with E-state index in [2.05, 4.69) is 4.98 Å². The van der Waals surface area contributed by atoms with E-state index in [1.54, 1.807) is 0 Å². The van der Waals surface area contributed by atoms with Crippen LogP contribution in [0.3, 0.4) is 0 Å². The molecule has 0 aromatic carbocycles. The summed E-state index contributed by atoms with van der Waals surface area (Å²) in [7, 11) is 0. The van der Waals surface area contributed by atoms with E-state index in [4.69, 9.17) is 4.74 Å². The number of aliphatic hydroxyl groups is 3. The Morgan fingerprint density at radius 2 is 1.96 bits per heavy atom. The van der Waals surface area contributed by atoms with E-state index in [-0.39, 0.29) is 17.8 Å². The molecule has 5 atom stereocenters. The number of carbonyl (C=O) groups excluding carboxylic acids is 1. The molecule has 1 aliphatic rings. The molecular formula is C18H26N2O7. The number of Topliss-reactive ketones (excluding diaryl/α,β-unsaturated/α-hetero) is 1. The summed E-state index contributed by atoms with van der Waals surface area (Å²) in [5, 5.41) is 29.2. The lowest BCUT2D eigenvalue weighted by Gasteiger charge is -2.19. The first-order valence-corrected chi connectivity index (χ1v) is 8.76. The van der Waals surface area contributed by atoms with Crippen molar-refractivity contribution in [3.63, 3.8) is 0 Å². The molecule has 9 nitrogen and oxygen atoms in total. The van der Waals surface area contributed by atoms with Crippen molar-refractivity contribution in [2.45, 2.75) is 58.2 Å². The summed E-state index contributed by atoms with van der Waals surface area (Å²) in [6.07, 6.45) is -1.41. The van der Waals surface area contributed by atoms with Crippen LogP contribution in [0, 0.1) is 5.92 Å². The summed E-state index contributed by atoms with van der Waals surface area (Å²) >= 11 is 0. The molecule has 0 amide bonds. The topological polar surface area (TPSA) is 142 Å². The van der Waals surface area contributed by atoms with Crippen LogP contribution in [0.25, 0.3) is 0 Å². The lowest BCUT2D eigenvalue weighted by molar-refractivity contribution is -0.120. The van der Waals surface area contributed by atoms with Gasteiger partial charge < -0.3 is 20.1 Å². The molecular weight excluding hydrogens is 356 g/mol.